The Morgan fingerprint density at radius 1 is 1.33 bits per heavy atom. The second kappa shape index (κ2) is 7.93. The monoisotopic (exact) mass is 247 g/mol. The second-order valence-corrected chi connectivity index (χ2v) is 4.80. The third-order valence-corrected chi connectivity index (χ3v) is 3.05. The quantitative estimate of drug-likeness (QED) is 0.709. The molecule has 0 aliphatic carbocycles. The first-order chi connectivity index (χ1) is 8.65. The van der Waals surface area contributed by atoms with Crippen molar-refractivity contribution in [2.45, 2.75) is 39.2 Å². The van der Waals surface area contributed by atoms with E-state index in [2.05, 4.69) is 37.9 Å². The SMILES string of the molecule is C=C(C)CCC(Cc1ccc(OC)cc1)NCC. The molecule has 0 fully saturated rings. The highest BCUT2D eigenvalue weighted by Crippen LogP contribution is 2.15. The summed E-state index contributed by atoms with van der Waals surface area (Å²) in [6.45, 7) is 9.23. The van der Waals surface area contributed by atoms with Crippen molar-refractivity contribution >= 4 is 0 Å². The number of hydrogen-bond acceptors (Lipinski definition) is 2. The fourth-order valence-electron chi connectivity index (χ4n) is 2.03. The Morgan fingerprint density at radius 3 is 2.50 bits per heavy atom. The van der Waals surface area contributed by atoms with E-state index in [-0.39, 0.29) is 0 Å². The van der Waals surface area contributed by atoms with Gasteiger partial charge in [-0.05, 0) is 50.4 Å². The smallest absolute Gasteiger partial charge is 0.118 e. The lowest BCUT2D eigenvalue weighted by Crippen LogP contribution is -2.30. The molecule has 1 N–H and O–H groups in total. The summed E-state index contributed by atoms with van der Waals surface area (Å²) in [4.78, 5) is 0. The van der Waals surface area contributed by atoms with Crippen LogP contribution in [0.5, 0.6) is 5.75 Å². The summed E-state index contributed by atoms with van der Waals surface area (Å²) < 4.78 is 5.17. The largest absolute Gasteiger partial charge is 0.497 e. The van der Waals surface area contributed by atoms with Crippen molar-refractivity contribution in [3.63, 3.8) is 0 Å². The van der Waals surface area contributed by atoms with Crippen LogP contribution in [0.15, 0.2) is 36.4 Å². The minimum atomic E-state index is 0.528. The minimum absolute atomic E-state index is 0.528. The average Bonchev–Trinajstić information content (AvgIpc) is 2.37. The molecule has 0 aliphatic rings. The Balaban J connectivity index is 2.55. The topological polar surface area (TPSA) is 21.3 Å². The molecule has 1 aromatic rings. The van der Waals surface area contributed by atoms with E-state index in [4.69, 9.17) is 4.74 Å². The zero-order valence-corrected chi connectivity index (χ0v) is 11.8. The van der Waals surface area contributed by atoms with Crippen molar-refractivity contribution in [1.82, 2.24) is 5.32 Å². The third-order valence-electron chi connectivity index (χ3n) is 3.05. The summed E-state index contributed by atoms with van der Waals surface area (Å²) in [5.74, 6) is 0.917. The molecule has 1 rings (SSSR count). The van der Waals surface area contributed by atoms with Gasteiger partial charge in [0, 0.05) is 6.04 Å². The van der Waals surface area contributed by atoms with E-state index >= 15 is 0 Å². The predicted molar refractivity (Wildman–Crippen MR) is 78.2 cm³/mol. The fraction of sp³-hybridized carbons (Fsp3) is 0.500. The number of likely N-dealkylation sites (N-methyl/N-ethyl adjacent to an activating group) is 1. The van der Waals surface area contributed by atoms with E-state index in [0.29, 0.717) is 6.04 Å². The maximum atomic E-state index is 5.17. The molecule has 0 amide bonds. The van der Waals surface area contributed by atoms with Crippen molar-refractivity contribution < 1.29 is 4.74 Å². The number of methoxy groups -OCH3 is 1. The molecule has 0 spiro atoms. The molecule has 0 saturated heterocycles. The van der Waals surface area contributed by atoms with Crippen LogP contribution in [0, 0.1) is 0 Å². The summed E-state index contributed by atoms with van der Waals surface area (Å²) >= 11 is 0. The van der Waals surface area contributed by atoms with Crippen LogP contribution in [0.4, 0.5) is 0 Å². The Labute approximate surface area is 111 Å². The van der Waals surface area contributed by atoms with Crippen LogP contribution in [0.25, 0.3) is 0 Å². The first-order valence-electron chi connectivity index (χ1n) is 6.66. The van der Waals surface area contributed by atoms with Crippen molar-refractivity contribution in [3.8, 4) is 5.75 Å². The van der Waals surface area contributed by atoms with Crippen LogP contribution in [-0.2, 0) is 6.42 Å². The zero-order valence-electron chi connectivity index (χ0n) is 11.8. The van der Waals surface area contributed by atoms with Crippen molar-refractivity contribution in [2.75, 3.05) is 13.7 Å². The molecule has 1 atom stereocenters. The number of ether oxygens (including phenoxy) is 1. The molecule has 1 unspecified atom stereocenters. The summed E-state index contributed by atoms with van der Waals surface area (Å²) in [5.41, 5.74) is 2.61. The van der Waals surface area contributed by atoms with Gasteiger partial charge in [-0.25, -0.2) is 0 Å². The highest BCUT2D eigenvalue weighted by molar-refractivity contribution is 5.27. The minimum Gasteiger partial charge on any atom is -0.497 e. The molecular weight excluding hydrogens is 222 g/mol. The van der Waals surface area contributed by atoms with Crippen molar-refractivity contribution in [1.29, 1.82) is 0 Å². The molecule has 0 aliphatic heterocycles. The van der Waals surface area contributed by atoms with E-state index in [1.54, 1.807) is 7.11 Å². The first-order valence-corrected chi connectivity index (χ1v) is 6.66. The van der Waals surface area contributed by atoms with Gasteiger partial charge < -0.3 is 10.1 Å². The Kier molecular flexibility index (Phi) is 6.51. The molecule has 18 heavy (non-hydrogen) atoms. The van der Waals surface area contributed by atoms with Gasteiger partial charge in [-0.15, -0.1) is 6.58 Å². The normalized spacial score (nSPS) is 12.2. The lowest BCUT2D eigenvalue weighted by atomic mass is 10.00. The Bertz CT molecular complexity index is 356. The highest BCUT2D eigenvalue weighted by Gasteiger charge is 2.08. The van der Waals surface area contributed by atoms with E-state index in [1.165, 1.54) is 11.1 Å². The number of rotatable bonds is 8. The van der Waals surface area contributed by atoms with Crippen LogP contribution in [0.1, 0.15) is 32.3 Å². The van der Waals surface area contributed by atoms with Crippen LogP contribution >= 0.6 is 0 Å². The number of allylic oxidation sites excluding steroid dienone is 1. The van der Waals surface area contributed by atoms with E-state index < -0.39 is 0 Å². The molecule has 0 aromatic heterocycles. The van der Waals surface area contributed by atoms with E-state index in [9.17, 15) is 0 Å². The standard InChI is InChI=1S/C16H25NO/c1-5-17-15(9-6-13(2)3)12-14-7-10-16(18-4)11-8-14/h7-8,10-11,15,17H,2,5-6,9,12H2,1,3-4H3. The van der Waals surface area contributed by atoms with Gasteiger partial charge in [0.2, 0.25) is 0 Å². The summed E-state index contributed by atoms with van der Waals surface area (Å²) in [6, 6.07) is 8.86. The van der Waals surface area contributed by atoms with Crippen molar-refractivity contribution in [2.24, 2.45) is 0 Å². The number of benzene rings is 1. The highest BCUT2D eigenvalue weighted by atomic mass is 16.5. The van der Waals surface area contributed by atoms with Crippen LogP contribution < -0.4 is 10.1 Å². The molecule has 0 bridgehead atoms. The van der Waals surface area contributed by atoms with E-state index in [0.717, 1.165) is 31.6 Å². The molecule has 2 heteroatoms. The molecule has 0 saturated carbocycles. The van der Waals surface area contributed by atoms with Crippen molar-refractivity contribution in [3.05, 3.63) is 42.0 Å². The van der Waals surface area contributed by atoms with Crippen LogP contribution in [-0.4, -0.2) is 19.7 Å². The van der Waals surface area contributed by atoms with Crippen LogP contribution in [0.3, 0.4) is 0 Å². The molecule has 0 radical (unpaired) electrons. The predicted octanol–water partition coefficient (Wildman–Crippen LogP) is 3.57. The molecule has 2 nitrogen and oxygen atoms in total. The van der Waals surface area contributed by atoms with Gasteiger partial charge in [0.15, 0.2) is 0 Å². The van der Waals surface area contributed by atoms with Gasteiger partial charge in [-0.1, -0.05) is 24.6 Å². The Morgan fingerprint density at radius 2 is 2.00 bits per heavy atom. The maximum Gasteiger partial charge on any atom is 0.118 e. The van der Waals surface area contributed by atoms with Gasteiger partial charge in [0.25, 0.3) is 0 Å². The van der Waals surface area contributed by atoms with Crippen LogP contribution in [0.2, 0.25) is 0 Å². The van der Waals surface area contributed by atoms with E-state index in [1.807, 2.05) is 12.1 Å². The number of hydrogen-bond donors (Lipinski definition) is 1. The molecule has 1 aromatic carbocycles. The maximum absolute atomic E-state index is 5.17. The van der Waals surface area contributed by atoms with Gasteiger partial charge in [0.05, 0.1) is 7.11 Å². The fourth-order valence-corrected chi connectivity index (χ4v) is 2.03. The molecule has 0 heterocycles. The lowest BCUT2D eigenvalue weighted by molar-refractivity contribution is 0.414. The van der Waals surface area contributed by atoms with Gasteiger partial charge in [-0.2, -0.15) is 0 Å². The lowest BCUT2D eigenvalue weighted by Gasteiger charge is -2.18. The van der Waals surface area contributed by atoms with Gasteiger partial charge in [0.1, 0.15) is 5.75 Å². The first kappa shape index (κ1) is 14.8. The van der Waals surface area contributed by atoms with Gasteiger partial charge in [-0.3, -0.25) is 0 Å². The average molecular weight is 247 g/mol. The Hall–Kier alpha value is -1.28. The summed E-state index contributed by atoms with van der Waals surface area (Å²) in [5, 5.41) is 3.54. The zero-order chi connectivity index (χ0) is 13.4. The third kappa shape index (κ3) is 5.37. The summed E-state index contributed by atoms with van der Waals surface area (Å²) in [6.07, 6.45) is 3.30. The van der Waals surface area contributed by atoms with Gasteiger partial charge >= 0.3 is 0 Å². The second-order valence-electron chi connectivity index (χ2n) is 4.80. The molecular formula is C16H25NO. The summed E-state index contributed by atoms with van der Waals surface area (Å²) in [7, 11) is 1.70. The number of nitrogens with one attached hydrogen (secondary N) is 1. The molecule has 100 valence electrons.